The smallest absolute Gasteiger partial charge is 0.248 e. The number of methoxy groups -OCH3 is 1. The fourth-order valence-corrected chi connectivity index (χ4v) is 4.33. The third kappa shape index (κ3) is 4.71. The first-order valence-corrected chi connectivity index (χ1v) is 11.8. The Morgan fingerprint density at radius 2 is 2.22 bits per heavy atom. The van der Waals surface area contributed by atoms with Crippen molar-refractivity contribution in [3.05, 3.63) is 42.5 Å². The van der Waals surface area contributed by atoms with E-state index in [1.165, 1.54) is 12.4 Å². The number of carbonyl (C=O) groups is 1. The monoisotopic (exact) mass is 490 g/mol. The number of aromatic nitrogens is 5. The summed E-state index contributed by atoms with van der Waals surface area (Å²) >= 11 is 0. The summed E-state index contributed by atoms with van der Waals surface area (Å²) in [4.78, 5) is 27.6. The van der Waals surface area contributed by atoms with Crippen molar-refractivity contribution in [3.8, 4) is 0 Å². The lowest BCUT2D eigenvalue weighted by Crippen LogP contribution is -2.45. The van der Waals surface area contributed by atoms with Gasteiger partial charge < -0.3 is 20.3 Å². The second-order valence-electron chi connectivity index (χ2n) is 9.40. The van der Waals surface area contributed by atoms with Crippen molar-refractivity contribution < 1.29 is 9.53 Å². The first-order chi connectivity index (χ1) is 17.4. The molecular formula is C24H30N10O2. The summed E-state index contributed by atoms with van der Waals surface area (Å²) in [5.74, 6) is 1.94. The van der Waals surface area contributed by atoms with Crippen LogP contribution in [0.15, 0.2) is 46.8 Å². The summed E-state index contributed by atoms with van der Waals surface area (Å²) in [6.45, 7) is 7.78. The Balaban J connectivity index is 1.43. The standard InChI is InChI=1S/C24H30N10O2/c1-15(26-10-9-25-3)27-22(35)18-12-16(36-4)14-33(18)23-29-21(17-6-5-11-34(17)32-23)28-20-13-19(30-31-20)24(2)7-8-24/h5-6,9-11,13,16,18H,3,7-8,12,14H2,1-2,4H3,(H,26,27,35)(H2,28,29,30,31,32)/b10-9-/t16-,18+/m1/s1. The quantitative estimate of drug-likeness (QED) is 0.326. The van der Waals surface area contributed by atoms with Gasteiger partial charge in [-0.25, -0.2) is 9.51 Å². The molecule has 1 aliphatic heterocycles. The Labute approximate surface area is 208 Å². The van der Waals surface area contributed by atoms with Gasteiger partial charge in [0, 0.05) is 55.8 Å². The van der Waals surface area contributed by atoms with Crippen molar-refractivity contribution in [2.24, 2.45) is 9.98 Å². The molecule has 0 unspecified atom stereocenters. The number of nitrogens with zero attached hydrogens (tertiary/aromatic N) is 7. The predicted molar refractivity (Wildman–Crippen MR) is 138 cm³/mol. The molecule has 3 N–H and O–H groups in total. The molecule has 2 atom stereocenters. The second-order valence-corrected chi connectivity index (χ2v) is 9.40. The molecule has 2 fully saturated rings. The van der Waals surface area contributed by atoms with Crippen LogP contribution in [0.25, 0.3) is 5.52 Å². The van der Waals surface area contributed by atoms with Crippen molar-refractivity contribution in [1.82, 2.24) is 30.1 Å². The zero-order chi connectivity index (χ0) is 25.3. The van der Waals surface area contributed by atoms with Crippen LogP contribution in [-0.4, -0.2) is 69.1 Å². The summed E-state index contributed by atoms with van der Waals surface area (Å²) in [5, 5.41) is 18.4. The number of hydrogen-bond donors (Lipinski definition) is 3. The molecule has 12 heteroatoms. The lowest BCUT2D eigenvalue weighted by Gasteiger charge is -2.24. The predicted octanol–water partition coefficient (Wildman–Crippen LogP) is 2.55. The van der Waals surface area contributed by atoms with E-state index in [2.05, 4.69) is 49.6 Å². The molecule has 1 saturated carbocycles. The maximum absolute atomic E-state index is 13.2. The fourth-order valence-electron chi connectivity index (χ4n) is 4.33. The van der Waals surface area contributed by atoms with Crippen LogP contribution in [0, 0.1) is 0 Å². The summed E-state index contributed by atoms with van der Waals surface area (Å²) < 4.78 is 7.34. The Kier molecular flexibility index (Phi) is 6.27. The largest absolute Gasteiger partial charge is 0.380 e. The number of ether oxygens (including phenoxy) is 1. The van der Waals surface area contributed by atoms with Crippen molar-refractivity contribution in [1.29, 1.82) is 0 Å². The van der Waals surface area contributed by atoms with Crippen LogP contribution in [0.2, 0.25) is 0 Å². The van der Waals surface area contributed by atoms with Gasteiger partial charge in [0.25, 0.3) is 0 Å². The van der Waals surface area contributed by atoms with Crippen LogP contribution in [-0.2, 0) is 14.9 Å². The van der Waals surface area contributed by atoms with Gasteiger partial charge in [-0.05, 0) is 38.6 Å². The lowest BCUT2D eigenvalue weighted by atomic mass is 10.1. The molecule has 1 aliphatic carbocycles. The van der Waals surface area contributed by atoms with E-state index in [1.54, 1.807) is 18.5 Å². The average molecular weight is 491 g/mol. The highest BCUT2D eigenvalue weighted by atomic mass is 16.5. The molecule has 4 heterocycles. The fraction of sp³-hybridized carbons (Fsp3) is 0.417. The SMILES string of the molecule is C=N/C=C\N=C(C)NC(=O)[C@@H]1C[C@@H](OC)CN1c1nc(Nc2cc(C3(C)CC3)[nH]n2)c2cccn2n1. The van der Waals surface area contributed by atoms with Gasteiger partial charge in [0.1, 0.15) is 17.4 Å². The maximum Gasteiger partial charge on any atom is 0.248 e. The molecule has 3 aromatic rings. The van der Waals surface area contributed by atoms with E-state index < -0.39 is 6.04 Å². The number of H-pyrrole nitrogens is 1. The highest BCUT2D eigenvalue weighted by Gasteiger charge is 2.41. The number of amidine groups is 1. The topological polar surface area (TPSA) is 137 Å². The summed E-state index contributed by atoms with van der Waals surface area (Å²) in [6.07, 6.45) is 7.43. The zero-order valence-electron chi connectivity index (χ0n) is 20.6. The van der Waals surface area contributed by atoms with Gasteiger partial charge in [0.2, 0.25) is 11.9 Å². The lowest BCUT2D eigenvalue weighted by molar-refractivity contribution is -0.121. The van der Waals surface area contributed by atoms with Crippen LogP contribution < -0.4 is 15.5 Å². The highest BCUT2D eigenvalue weighted by molar-refractivity contribution is 6.00. The van der Waals surface area contributed by atoms with E-state index in [4.69, 9.17) is 9.72 Å². The zero-order valence-corrected chi connectivity index (χ0v) is 20.6. The van der Waals surface area contributed by atoms with Crippen LogP contribution in [0.3, 0.4) is 0 Å². The molecule has 3 aromatic heterocycles. The van der Waals surface area contributed by atoms with E-state index in [9.17, 15) is 4.79 Å². The number of aromatic amines is 1. The van der Waals surface area contributed by atoms with Crippen molar-refractivity contribution in [3.63, 3.8) is 0 Å². The summed E-state index contributed by atoms with van der Waals surface area (Å²) in [6, 6.07) is 5.33. The van der Waals surface area contributed by atoms with Gasteiger partial charge in [-0.15, -0.1) is 5.10 Å². The van der Waals surface area contributed by atoms with Crippen LogP contribution in [0.4, 0.5) is 17.6 Å². The first kappa shape index (κ1) is 23.7. The highest BCUT2D eigenvalue weighted by Crippen LogP contribution is 2.47. The second kappa shape index (κ2) is 9.53. The Hall–Kier alpha value is -4.06. The Bertz CT molecular complexity index is 1340. The molecule has 0 radical (unpaired) electrons. The number of anilines is 3. The maximum atomic E-state index is 13.2. The minimum atomic E-state index is -0.533. The van der Waals surface area contributed by atoms with Gasteiger partial charge in [0.05, 0.1) is 6.10 Å². The van der Waals surface area contributed by atoms with Crippen molar-refractivity contribution in [2.45, 2.75) is 50.7 Å². The normalized spacial score (nSPS) is 21.3. The Morgan fingerprint density at radius 1 is 1.39 bits per heavy atom. The summed E-state index contributed by atoms with van der Waals surface area (Å²) in [5.41, 5.74) is 2.09. The minimum Gasteiger partial charge on any atom is -0.380 e. The molecule has 0 spiro atoms. The van der Waals surface area contributed by atoms with Gasteiger partial charge in [0.15, 0.2) is 11.6 Å². The molecule has 188 valence electrons. The van der Waals surface area contributed by atoms with E-state index in [-0.39, 0.29) is 17.4 Å². The van der Waals surface area contributed by atoms with Crippen molar-refractivity contribution >= 4 is 41.6 Å². The molecular weight excluding hydrogens is 460 g/mol. The molecule has 2 aliphatic rings. The molecule has 1 amide bonds. The number of nitrogens with one attached hydrogen (secondary N) is 3. The number of carbonyl (C=O) groups excluding carboxylic acids is 1. The van der Waals surface area contributed by atoms with Gasteiger partial charge in [-0.1, -0.05) is 6.92 Å². The number of amides is 1. The van der Waals surface area contributed by atoms with Crippen LogP contribution in [0.1, 0.15) is 38.8 Å². The third-order valence-corrected chi connectivity index (χ3v) is 6.75. The van der Waals surface area contributed by atoms with E-state index in [1.807, 2.05) is 29.3 Å². The van der Waals surface area contributed by atoms with Gasteiger partial charge in [-0.2, -0.15) is 10.1 Å². The molecule has 0 bridgehead atoms. The number of hydrogen-bond acceptors (Lipinski definition) is 9. The van der Waals surface area contributed by atoms with Gasteiger partial charge in [-0.3, -0.25) is 14.9 Å². The van der Waals surface area contributed by atoms with Gasteiger partial charge >= 0.3 is 0 Å². The minimum absolute atomic E-state index is 0.142. The molecule has 12 nitrogen and oxygen atoms in total. The van der Waals surface area contributed by atoms with E-state index >= 15 is 0 Å². The number of fused-ring (bicyclic) bond motifs is 1. The van der Waals surface area contributed by atoms with Crippen LogP contribution >= 0.6 is 0 Å². The summed E-state index contributed by atoms with van der Waals surface area (Å²) in [7, 11) is 1.64. The third-order valence-electron chi connectivity index (χ3n) is 6.75. The molecule has 5 rings (SSSR count). The Morgan fingerprint density at radius 3 is 2.97 bits per heavy atom. The van der Waals surface area contributed by atoms with E-state index in [0.29, 0.717) is 36.4 Å². The number of rotatable bonds is 8. The van der Waals surface area contributed by atoms with Crippen molar-refractivity contribution in [2.75, 3.05) is 23.9 Å². The van der Waals surface area contributed by atoms with Crippen LogP contribution in [0.5, 0.6) is 0 Å². The van der Waals surface area contributed by atoms with E-state index in [0.717, 1.165) is 24.1 Å². The molecule has 36 heavy (non-hydrogen) atoms. The first-order valence-electron chi connectivity index (χ1n) is 11.8. The molecule has 0 aromatic carbocycles. The molecule has 1 saturated heterocycles. The number of aliphatic imine (C=N–C) groups is 2. The average Bonchev–Trinajstić information content (AvgIpc) is 3.28.